The minimum atomic E-state index is -4.74. The van der Waals surface area contributed by atoms with Gasteiger partial charge in [0.15, 0.2) is 0 Å². The first-order valence-electron chi connectivity index (χ1n) is 13.1. The van der Waals surface area contributed by atoms with E-state index in [0.29, 0.717) is 12.8 Å². The molecule has 0 radical (unpaired) electrons. The van der Waals surface area contributed by atoms with E-state index in [4.69, 9.17) is 4.74 Å². The molecule has 2 aromatic rings. The van der Waals surface area contributed by atoms with Crippen molar-refractivity contribution in [2.45, 2.75) is 99.0 Å². The van der Waals surface area contributed by atoms with Crippen molar-refractivity contribution in [3.8, 4) is 28.8 Å². The highest BCUT2D eigenvalue weighted by atomic mass is 19.4. The average molecular weight is 534 g/mol. The maximum atomic E-state index is 12.6. The van der Waals surface area contributed by atoms with Crippen LogP contribution in [0, 0.1) is 18.9 Å². The van der Waals surface area contributed by atoms with Crippen molar-refractivity contribution >= 4 is 11.7 Å². The maximum Gasteiger partial charge on any atom is 0.573 e. The van der Waals surface area contributed by atoms with Gasteiger partial charge in [-0.2, -0.15) is 0 Å². The highest BCUT2D eigenvalue weighted by molar-refractivity contribution is 5.77. The Morgan fingerprint density at radius 3 is 2.18 bits per heavy atom. The third kappa shape index (κ3) is 10.7. The number of hydrogen-bond donors (Lipinski definition) is 0. The molecule has 1 unspecified atom stereocenters. The van der Waals surface area contributed by atoms with Gasteiger partial charge in [-0.25, -0.2) is 0 Å². The van der Waals surface area contributed by atoms with Crippen LogP contribution in [0.5, 0.6) is 5.75 Å². The normalized spacial score (nSPS) is 11.9. The Morgan fingerprint density at radius 2 is 1.68 bits per heavy atom. The van der Waals surface area contributed by atoms with E-state index in [1.807, 2.05) is 53.5 Å². The van der Waals surface area contributed by atoms with Crippen LogP contribution in [0.25, 0.3) is 11.1 Å². The van der Waals surface area contributed by atoms with E-state index in [1.165, 1.54) is 12.1 Å². The molecule has 0 amide bonds. The summed E-state index contributed by atoms with van der Waals surface area (Å²) in [6.45, 7) is 15.4. The summed E-state index contributed by atoms with van der Waals surface area (Å²) < 4.78 is 47.2. The van der Waals surface area contributed by atoms with Crippen molar-refractivity contribution < 1.29 is 27.4 Å². The number of nitrogens with zero attached hydrogens (tertiary/aromatic N) is 1. The van der Waals surface area contributed by atoms with Crippen LogP contribution in [-0.4, -0.2) is 25.0 Å². The molecular formula is C31H42F3NO3. The average Bonchev–Trinajstić information content (AvgIpc) is 2.82. The number of carbonyl (C=O) groups is 1. The number of ether oxygens (including phenoxy) is 2. The first-order valence-corrected chi connectivity index (χ1v) is 13.1. The molecule has 0 saturated heterocycles. The standard InChI is InChI=1S/C29H36F3NO3.C2H6/c1-8-17-33(7)26-19-23(21(9-2)11-10-12-27(34)36-28(4,5)6)18-25(20(26)3)22-13-15-24(16-14-22)35-29(30,31)32;1-2/h13-16,18-19,21H,9-12H2,1-7H3;1-2H3. The van der Waals surface area contributed by atoms with Crippen molar-refractivity contribution in [3.63, 3.8) is 0 Å². The number of carbonyl (C=O) groups excluding carboxylic acids is 1. The lowest BCUT2D eigenvalue weighted by Crippen LogP contribution is -2.23. The van der Waals surface area contributed by atoms with Crippen molar-refractivity contribution in [3.05, 3.63) is 47.5 Å². The fourth-order valence-corrected chi connectivity index (χ4v) is 4.16. The molecule has 0 fully saturated rings. The molecule has 0 spiro atoms. The van der Waals surface area contributed by atoms with Crippen molar-refractivity contribution in [1.29, 1.82) is 0 Å². The molecule has 0 aliphatic carbocycles. The number of rotatable bonds is 9. The highest BCUT2D eigenvalue weighted by Crippen LogP contribution is 2.37. The van der Waals surface area contributed by atoms with Crippen molar-refractivity contribution in [2.24, 2.45) is 0 Å². The zero-order valence-corrected chi connectivity index (χ0v) is 24.2. The SMILES string of the molecule is CC.CC#CN(C)c1cc(C(CC)CCCC(=O)OC(C)(C)C)cc(-c2ccc(OC(F)(F)F)cc2)c1C. The van der Waals surface area contributed by atoms with Crippen LogP contribution in [-0.2, 0) is 9.53 Å². The first-order chi connectivity index (χ1) is 17.7. The molecule has 2 rings (SSSR count). The van der Waals surface area contributed by atoms with Crippen LogP contribution >= 0.6 is 0 Å². The van der Waals surface area contributed by atoms with Crippen molar-refractivity contribution in [2.75, 3.05) is 11.9 Å². The van der Waals surface area contributed by atoms with Gasteiger partial charge in [0.2, 0.25) is 0 Å². The van der Waals surface area contributed by atoms with Crippen molar-refractivity contribution in [1.82, 2.24) is 0 Å². The number of hydrogen-bond acceptors (Lipinski definition) is 4. The minimum Gasteiger partial charge on any atom is -0.460 e. The summed E-state index contributed by atoms with van der Waals surface area (Å²) >= 11 is 0. The summed E-state index contributed by atoms with van der Waals surface area (Å²) in [6, 6.07) is 13.2. The Labute approximate surface area is 226 Å². The Kier molecular flexibility index (Phi) is 12.7. The summed E-state index contributed by atoms with van der Waals surface area (Å²) in [4.78, 5) is 14.0. The minimum absolute atomic E-state index is 0.196. The fourth-order valence-electron chi connectivity index (χ4n) is 4.16. The number of benzene rings is 2. The van der Waals surface area contributed by atoms with E-state index in [1.54, 1.807) is 19.1 Å². The van der Waals surface area contributed by atoms with Gasteiger partial charge < -0.3 is 14.4 Å². The Morgan fingerprint density at radius 1 is 1.08 bits per heavy atom. The Bertz CT molecular complexity index is 1090. The number of esters is 1. The first kappa shape index (κ1) is 32.9. The Balaban J connectivity index is 0.00000352. The molecule has 0 N–H and O–H groups in total. The molecule has 0 aliphatic heterocycles. The van der Waals surface area contributed by atoms with Gasteiger partial charge in [-0.15, -0.1) is 13.2 Å². The predicted octanol–water partition coefficient (Wildman–Crippen LogP) is 9.01. The van der Waals surface area contributed by atoms with Crippen LogP contribution in [0.2, 0.25) is 0 Å². The lowest BCUT2D eigenvalue weighted by atomic mass is 9.86. The van der Waals surface area contributed by atoms with E-state index in [9.17, 15) is 18.0 Å². The summed E-state index contributed by atoms with van der Waals surface area (Å²) in [5.74, 6) is 2.64. The van der Waals surface area contributed by atoms with Crippen LogP contribution in [0.15, 0.2) is 36.4 Å². The molecule has 7 heteroatoms. The van der Waals surface area contributed by atoms with E-state index in [-0.39, 0.29) is 17.6 Å². The van der Waals surface area contributed by atoms with E-state index < -0.39 is 12.0 Å². The predicted molar refractivity (Wildman–Crippen MR) is 149 cm³/mol. The second-order valence-corrected chi connectivity index (χ2v) is 9.79. The monoisotopic (exact) mass is 533 g/mol. The smallest absolute Gasteiger partial charge is 0.460 e. The van der Waals surface area contributed by atoms with Gasteiger partial charge in [0, 0.05) is 19.5 Å². The van der Waals surface area contributed by atoms with Gasteiger partial charge in [-0.05, 0) is 100 Å². The van der Waals surface area contributed by atoms with Gasteiger partial charge in [-0.1, -0.05) is 44.9 Å². The second-order valence-electron chi connectivity index (χ2n) is 9.79. The molecule has 210 valence electrons. The van der Waals surface area contributed by atoms with E-state index in [2.05, 4.69) is 35.8 Å². The quantitative estimate of drug-likeness (QED) is 0.183. The lowest BCUT2D eigenvalue weighted by molar-refractivity contribution is -0.274. The number of anilines is 1. The molecular weight excluding hydrogens is 491 g/mol. The van der Waals surface area contributed by atoms with Gasteiger partial charge in [0.25, 0.3) is 0 Å². The molecule has 2 aromatic carbocycles. The van der Waals surface area contributed by atoms with Crippen LogP contribution in [0.3, 0.4) is 0 Å². The third-order valence-corrected chi connectivity index (χ3v) is 5.76. The van der Waals surface area contributed by atoms with Crippen LogP contribution < -0.4 is 9.64 Å². The van der Waals surface area contributed by atoms with E-state index in [0.717, 1.165) is 40.8 Å². The fraction of sp³-hybridized carbons (Fsp3) is 0.516. The number of alkyl halides is 3. The molecule has 0 aliphatic rings. The number of halogens is 3. The molecule has 0 heterocycles. The summed E-state index contributed by atoms with van der Waals surface area (Å²) in [6.07, 6.45) is -2.02. The summed E-state index contributed by atoms with van der Waals surface area (Å²) in [7, 11) is 1.89. The molecule has 4 nitrogen and oxygen atoms in total. The summed E-state index contributed by atoms with van der Waals surface area (Å²) in [5.41, 5.74) is 4.18. The van der Waals surface area contributed by atoms with Crippen LogP contribution in [0.4, 0.5) is 18.9 Å². The molecule has 38 heavy (non-hydrogen) atoms. The molecule has 0 saturated carbocycles. The maximum absolute atomic E-state index is 12.6. The third-order valence-electron chi connectivity index (χ3n) is 5.76. The zero-order chi connectivity index (χ0) is 29.1. The van der Waals surface area contributed by atoms with Gasteiger partial charge in [0.05, 0.1) is 5.69 Å². The van der Waals surface area contributed by atoms with Gasteiger partial charge >= 0.3 is 12.3 Å². The highest BCUT2D eigenvalue weighted by Gasteiger charge is 2.31. The molecule has 0 aromatic heterocycles. The van der Waals surface area contributed by atoms with Crippen LogP contribution in [0.1, 0.15) is 91.2 Å². The molecule has 0 bridgehead atoms. The largest absolute Gasteiger partial charge is 0.573 e. The van der Waals surface area contributed by atoms with Gasteiger partial charge in [-0.3, -0.25) is 4.79 Å². The zero-order valence-electron chi connectivity index (χ0n) is 24.2. The Hall–Kier alpha value is -3.14. The second kappa shape index (κ2) is 14.7. The summed E-state index contributed by atoms with van der Waals surface area (Å²) in [5, 5.41) is 0. The van der Waals surface area contributed by atoms with E-state index >= 15 is 0 Å². The lowest BCUT2D eigenvalue weighted by Gasteiger charge is -2.24. The topological polar surface area (TPSA) is 38.8 Å². The van der Waals surface area contributed by atoms with Gasteiger partial charge in [0.1, 0.15) is 11.4 Å². The molecule has 1 atom stereocenters.